The molecule has 0 spiro atoms. The van der Waals surface area contributed by atoms with Crippen molar-refractivity contribution in [2.45, 2.75) is 69.7 Å². The van der Waals surface area contributed by atoms with E-state index < -0.39 is 10.0 Å². The van der Waals surface area contributed by atoms with E-state index in [4.69, 9.17) is 5.73 Å². The number of aryl methyl sites for hydroxylation is 2. The number of sulfonamides is 1. The molecule has 1 aliphatic carbocycles. The molecule has 3 N–H and O–H groups in total. The minimum Gasteiger partial charge on any atom is -0.398 e. The third-order valence-corrected chi connectivity index (χ3v) is 5.92. The van der Waals surface area contributed by atoms with Crippen molar-refractivity contribution < 1.29 is 8.42 Å². The lowest BCUT2D eigenvalue weighted by Gasteiger charge is -2.21. The van der Waals surface area contributed by atoms with Crippen LogP contribution in [0, 0.1) is 13.8 Å². The van der Waals surface area contributed by atoms with Gasteiger partial charge in [0.15, 0.2) is 0 Å². The lowest BCUT2D eigenvalue weighted by molar-refractivity contribution is 0.426. The molecule has 0 heterocycles. The molecule has 0 atom stereocenters. The molecule has 0 saturated heterocycles. The van der Waals surface area contributed by atoms with E-state index in [0.29, 0.717) is 5.69 Å². The Kier molecular flexibility index (Phi) is 5.27. The average Bonchev–Trinajstić information content (AvgIpc) is 2.36. The molecule has 1 saturated carbocycles. The lowest BCUT2D eigenvalue weighted by atomic mass is 9.97. The molecular formula is C16H26N2O2S. The molecule has 0 aromatic heterocycles. The third-order valence-electron chi connectivity index (χ3n) is 4.34. The van der Waals surface area contributed by atoms with E-state index in [9.17, 15) is 8.42 Å². The number of anilines is 1. The molecule has 0 aliphatic heterocycles. The first-order chi connectivity index (χ1) is 9.90. The standard InChI is InChI=1S/C16H26N2O2S/c1-12-10-15(17)16(11-13(12)2)21(19,20)18-14-8-6-4-3-5-7-9-14/h10-11,14,18H,3-9,17H2,1-2H3. The molecule has 0 bridgehead atoms. The van der Waals surface area contributed by atoms with E-state index in [-0.39, 0.29) is 10.9 Å². The summed E-state index contributed by atoms with van der Waals surface area (Å²) < 4.78 is 28.0. The Morgan fingerprint density at radius 1 is 1.00 bits per heavy atom. The predicted molar refractivity (Wildman–Crippen MR) is 86.8 cm³/mol. The first kappa shape index (κ1) is 16.3. The van der Waals surface area contributed by atoms with E-state index in [0.717, 1.165) is 36.8 Å². The van der Waals surface area contributed by atoms with Gasteiger partial charge in [-0.15, -0.1) is 0 Å². The number of benzene rings is 1. The monoisotopic (exact) mass is 310 g/mol. The highest BCUT2D eigenvalue weighted by Crippen LogP contribution is 2.24. The zero-order valence-corrected chi connectivity index (χ0v) is 13.8. The Labute approximate surface area is 128 Å². The molecule has 0 amide bonds. The van der Waals surface area contributed by atoms with Crippen LogP contribution >= 0.6 is 0 Å². The van der Waals surface area contributed by atoms with Crippen LogP contribution < -0.4 is 10.5 Å². The molecule has 0 radical (unpaired) electrons. The quantitative estimate of drug-likeness (QED) is 0.842. The van der Waals surface area contributed by atoms with Gasteiger partial charge in [-0.3, -0.25) is 0 Å². The van der Waals surface area contributed by atoms with Crippen molar-refractivity contribution in [3.8, 4) is 0 Å². The van der Waals surface area contributed by atoms with Gasteiger partial charge in [-0.1, -0.05) is 32.1 Å². The van der Waals surface area contributed by atoms with Gasteiger partial charge in [0.1, 0.15) is 4.90 Å². The summed E-state index contributed by atoms with van der Waals surface area (Å²) in [7, 11) is -3.53. The summed E-state index contributed by atoms with van der Waals surface area (Å²) in [4.78, 5) is 0.215. The van der Waals surface area contributed by atoms with Gasteiger partial charge in [0, 0.05) is 6.04 Å². The highest BCUT2D eigenvalue weighted by atomic mass is 32.2. The van der Waals surface area contributed by atoms with Crippen molar-refractivity contribution in [2.75, 3.05) is 5.73 Å². The zero-order chi connectivity index (χ0) is 15.5. The first-order valence-electron chi connectivity index (χ1n) is 7.79. The third kappa shape index (κ3) is 4.20. The molecule has 1 fully saturated rings. The number of nitrogens with two attached hydrogens (primary N) is 1. The maximum Gasteiger partial charge on any atom is 0.242 e. The van der Waals surface area contributed by atoms with Crippen LogP contribution in [-0.2, 0) is 10.0 Å². The van der Waals surface area contributed by atoms with Gasteiger partial charge in [0.2, 0.25) is 10.0 Å². The molecule has 4 nitrogen and oxygen atoms in total. The fourth-order valence-corrected chi connectivity index (χ4v) is 4.40. The van der Waals surface area contributed by atoms with Crippen LogP contribution in [-0.4, -0.2) is 14.5 Å². The van der Waals surface area contributed by atoms with Crippen molar-refractivity contribution in [2.24, 2.45) is 0 Å². The minimum absolute atomic E-state index is 0.0382. The Balaban J connectivity index is 2.19. The Hall–Kier alpha value is -1.07. The lowest BCUT2D eigenvalue weighted by Crippen LogP contribution is -2.35. The van der Waals surface area contributed by atoms with Gasteiger partial charge < -0.3 is 5.73 Å². The smallest absolute Gasteiger partial charge is 0.242 e. The number of hydrogen-bond acceptors (Lipinski definition) is 3. The molecule has 21 heavy (non-hydrogen) atoms. The van der Waals surface area contributed by atoms with Gasteiger partial charge in [-0.25, -0.2) is 13.1 Å². The second kappa shape index (κ2) is 6.79. The second-order valence-corrected chi connectivity index (χ2v) is 7.82. The van der Waals surface area contributed by atoms with Crippen molar-refractivity contribution in [1.82, 2.24) is 4.72 Å². The largest absolute Gasteiger partial charge is 0.398 e. The molecule has 118 valence electrons. The summed E-state index contributed by atoms with van der Waals surface area (Å²) in [6, 6.07) is 3.45. The van der Waals surface area contributed by atoms with E-state index in [1.807, 2.05) is 13.8 Å². The minimum atomic E-state index is -3.53. The summed E-state index contributed by atoms with van der Waals surface area (Å²) in [5.41, 5.74) is 8.21. The van der Waals surface area contributed by atoms with Crippen LogP contribution in [0.3, 0.4) is 0 Å². The van der Waals surface area contributed by atoms with Crippen molar-refractivity contribution in [1.29, 1.82) is 0 Å². The van der Waals surface area contributed by atoms with Gasteiger partial charge in [0.25, 0.3) is 0 Å². The fraction of sp³-hybridized carbons (Fsp3) is 0.625. The SMILES string of the molecule is Cc1cc(N)c(S(=O)(=O)NC2CCCCCCC2)cc1C. The first-order valence-corrected chi connectivity index (χ1v) is 9.27. The summed E-state index contributed by atoms with van der Waals surface area (Å²) in [6.45, 7) is 3.84. The maximum absolute atomic E-state index is 12.6. The molecule has 5 heteroatoms. The predicted octanol–water partition coefficient (Wildman–Crippen LogP) is 3.28. The normalized spacial score (nSPS) is 18.2. The van der Waals surface area contributed by atoms with Gasteiger partial charge >= 0.3 is 0 Å². The van der Waals surface area contributed by atoms with Crippen molar-refractivity contribution in [3.05, 3.63) is 23.3 Å². The molecule has 1 aliphatic rings. The highest BCUT2D eigenvalue weighted by Gasteiger charge is 2.23. The van der Waals surface area contributed by atoms with E-state index in [1.54, 1.807) is 12.1 Å². The average molecular weight is 310 g/mol. The molecule has 1 aromatic carbocycles. The highest BCUT2D eigenvalue weighted by molar-refractivity contribution is 7.89. The summed E-state index contributed by atoms with van der Waals surface area (Å²) in [5.74, 6) is 0. The molecule has 1 aromatic rings. The zero-order valence-electron chi connectivity index (χ0n) is 13.0. The van der Waals surface area contributed by atoms with Crippen LogP contribution in [0.1, 0.15) is 56.1 Å². The van der Waals surface area contributed by atoms with Gasteiger partial charge in [0.05, 0.1) is 5.69 Å². The maximum atomic E-state index is 12.6. The summed E-state index contributed by atoms with van der Waals surface area (Å²) >= 11 is 0. The van der Waals surface area contributed by atoms with E-state index >= 15 is 0 Å². The second-order valence-electron chi connectivity index (χ2n) is 6.14. The van der Waals surface area contributed by atoms with E-state index in [1.165, 1.54) is 19.3 Å². The van der Waals surface area contributed by atoms with Crippen LogP contribution in [0.4, 0.5) is 5.69 Å². The molecular weight excluding hydrogens is 284 g/mol. The van der Waals surface area contributed by atoms with Crippen LogP contribution in [0.15, 0.2) is 17.0 Å². The number of nitrogen functional groups attached to an aromatic ring is 1. The van der Waals surface area contributed by atoms with Crippen molar-refractivity contribution in [3.63, 3.8) is 0 Å². The Morgan fingerprint density at radius 2 is 1.52 bits per heavy atom. The summed E-state index contributed by atoms with van der Waals surface area (Å²) in [5, 5.41) is 0. The Morgan fingerprint density at radius 3 is 2.14 bits per heavy atom. The van der Waals surface area contributed by atoms with Crippen LogP contribution in [0.5, 0.6) is 0 Å². The molecule has 0 unspecified atom stereocenters. The van der Waals surface area contributed by atoms with Crippen molar-refractivity contribution >= 4 is 15.7 Å². The number of nitrogens with one attached hydrogen (secondary N) is 1. The number of hydrogen-bond donors (Lipinski definition) is 2. The van der Waals surface area contributed by atoms with Gasteiger partial charge in [-0.2, -0.15) is 0 Å². The van der Waals surface area contributed by atoms with E-state index in [2.05, 4.69) is 4.72 Å². The summed E-state index contributed by atoms with van der Waals surface area (Å²) in [6.07, 6.45) is 7.69. The number of rotatable bonds is 3. The van der Waals surface area contributed by atoms with Crippen LogP contribution in [0.25, 0.3) is 0 Å². The Bertz CT molecular complexity index is 589. The van der Waals surface area contributed by atoms with Gasteiger partial charge in [-0.05, 0) is 49.9 Å². The topological polar surface area (TPSA) is 72.2 Å². The fourth-order valence-electron chi connectivity index (χ4n) is 2.90. The van der Waals surface area contributed by atoms with Crippen LogP contribution in [0.2, 0.25) is 0 Å². The molecule has 2 rings (SSSR count).